The summed E-state index contributed by atoms with van der Waals surface area (Å²) in [6.07, 6.45) is 0.293. The molecule has 3 N–H and O–H groups in total. The zero-order valence-electron chi connectivity index (χ0n) is 9.34. The van der Waals surface area contributed by atoms with Crippen molar-refractivity contribution in [1.82, 2.24) is 10.8 Å². The summed E-state index contributed by atoms with van der Waals surface area (Å²) in [5.41, 5.74) is 2.28. The van der Waals surface area contributed by atoms with Gasteiger partial charge >= 0.3 is 12.0 Å². The fourth-order valence-corrected chi connectivity index (χ4v) is 1.38. The first kappa shape index (κ1) is 13.0. The maximum Gasteiger partial charge on any atom is 0.339 e. The minimum Gasteiger partial charge on any atom is -0.467 e. The van der Waals surface area contributed by atoms with E-state index in [0.29, 0.717) is 6.42 Å². The number of benzene rings is 1. The lowest BCUT2D eigenvalue weighted by Crippen LogP contribution is -2.46. The van der Waals surface area contributed by atoms with Crippen LogP contribution in [-0.2, 0) is 16.0 Å². The molecular formula is C11H14N2O4. The molecule has 1 atom stereocenters. The molecule has 2 amide bonds. The molecule has 92 valence electrons. The molecule has 0 aliphatic carbocycles. The van der Waals surface area contributed by atoms with E-state index in [-0.39, 0.29) is 0 Å². The number of urea groups is 1. The van der Waals surface area contributed by atoms with Crippen LogP contribution in [0.1, 0.15) is 5.56 Å². The lowest BCUT2D eigenvalue weighted by molar-refractivity contribution is -0.142. The molecular weight excluding hydrogens is 224 g/mol. The van der Waals surface area contributed by atoms with Crippen LogP contribution < -0.4 is 10.8 Å². The third-order valence-electron chi connectivity index (χ3n) is 2.18. The Labute approximate surface area is 98.5 Å². The molecule has 0 fully saturated rings. The molecule has 0 bridgehead atoms. The summed E-state index contributed by atoms with van der Waals surface area (Å²) < 4.78 is 4.57. The van der Waals surface area contributed by atoms with Gasteiger partial charge in [-0.25, -0.2) is 15.1 Å². The predicted molar refractivity (Wildman–Crippen MR) is 59.4 cm³/mol. The van der Waals surface area contributed by atoms with E-state index >= 15 is 0 Å². The smallest absolute Gasteiger partial charge is 0.339 e. The molecule has 1 rings (SSSR count). The molecule has 0 unspecified atom stereocenters. The Morgan fingerprint density at radius 2 is 2.00 bits per heavy atom. The van der Waals surface area contributed by atoms with Gasteiger partial charge in [-0.15, -0.1) is 0 Å². The van der Waals surface area contributed by atoms with Crippen molar-refractivity contribution in [3.63, 3.8) is 0 Å². The van der Waals surface area contributed by atoms with E-state index in [0.717, 1.165) is 5.56 Å². The van der Waals surface area contributed by atoms with Crippen LogP contribution in [0.3, 0.4) is 0 Å². The minimum absolute atomic E-state index is 0.293. The van der Waals surface area contributed by atoms with Gasteiger partial charge in [0.25, 0.3) is 0 Å². The highest BCUT2D eigenvalue weighted by Crippen LogP contribution is 2.04. The van der Waals surface area contributed by atoms with Gasteiger partial charge in [0.2, 0.25) is 0 Å². The molecule has 1 aromatic carbocycles. The van der Waals surface area contributed by atoms with Gasteiger partial charge in [-0.1, -0.05) is 30.3 Å². The first-order valence-corrected chi connectivity index (χ1v) is 4.99. The highest BCUT2D eigenvalue weighted by Gasteiger charge is 2.21. The van der Waals surface area contributed by atoms with Crippen molar-refractivity contribution < 1.29 is 19.5 Å². The molecule has 6 nitrogen and oxygen atoms in total. The number of amides is 2. The van der Waals surface area contributed by atoms with E-state index < -0.39 is 18.0 Å². The Hall–Kier alpha value is -2.08. The summed E-state index contributed by atoms with van der Waals surface area (Å²) in [7, 11) is 1.23. The van der Waals surface area contributed by atoms with Crippen molar-refractivity contribution in [1.29, 1.82) is 0 Å². The Bertz CT molecular complexity index is 380. The molecule has 0 saturated heterocycles. The first-order valence-electron chi connectivity index (χ1n) is 4.99. The largest absolute Gasteiger partial charge is 0.467 e. The van der Waals surface area contributed by atoms with Crippen LogP contribution in [0.25, 0.3) is 0 Å². The summed E-state index contributed by atoms with van der Waals surface area (Å²) >= 11 is 0. The molecule has 0 heterocycles. The lowest BCUT2D eigenvalue weighted by atomic mass is 10.1. The summed E-state index contributed by atoms with van der Waals surface area (Å²) in [4.78, 5) is 22.4. The summed E-state index contributed by atoms with van der Waals surface area (Å²) in [5.74, 6) is -0.572. The summed E-state index contributed by atoms with van der Waals surface area (Å²) in [6.45, 7) is 0. The fraction of sp³-hybridized carbons (Fsp3) is 0.273. The van der Waals surface area contributed by atoms with Gasteiger partial charge in [-0.3, -0.25) is 5.21 Å². The van der Waals surface area contributed by atoms with E-state index in [9.17, 15) is 9.59 Å². The summed E-state index contributed by atoms with van der Waals surface area (Å²) in [5, 5.41) is 10.7. The molecule has 6 heteroatoms. The van der Waals surface area contributed by atoms with Crippen LogP contribution in [-0.4, -0.2) is 30.4 Å². The number of esters is 1. The van der Waals surface area contributed by atoms with Crippen LogP contribution in [0.5, 0.6) is 0 Å². The number of hydrogen-bond acceptors (Lipinski definition) is 4. The van der Waals surface area contributed by atoms with Gasteiger partial charge in [0.1, 0.15) is 6.04 Å². The van der Waals surface area contributed by atoms with Crippen molar-refractivity contribution in [3.05, 3.63) is 35.9 Å². The van der Waals surface area contributed by atoms with Gasteiger partial charge in [0, 0.05) is 6.42 Å². The topological polar surface area (TPSA) is 87.7 Å². The van der Waals surface area contributed by atoms with Gasteiger partial charge in [0.15, 0.2) is 0 Å². The number of hydroxylamine groups is 1. The average molecular weight is 238 g/mol. The SMILES string of the molecule is COC(=O)[C@H](Cc1ccccc1)NC(=O)NO. The van der Waals surface area contributed by atoms with Crippen LogP contribution in [0.15, 0.2) is 30.3 Å². The third-order valence-corrected chi connectivity index (χ3v) is 2.18. The number of carbonyl (C=O) groups excluding carboxylic acids is 2. The lowest BCUT2D eigenvalue weighted by Gasteiger charge is -2.15. The fourth-order valence-electron chi connectivity index (χ4n) is 1.38. The maximum absolute atomic E-state index is 11.4. The number of hydrogen-bond donors (Lipinski definition) is 3. The second-order valence-electron chi connectivity index (χ2n) is 3.35. The molecule has 0 saturated carbocycles. The van der Waals surface area contributed by atoms with Crippen LogP contribution >= 0.6 is 0 Å². The molecule has 0 aliphatic rings. The zero-order valence-corrected chi connectivity index (χ0v) is 9.34. The van der Waals surface area contributed by atoms with Gasteiger partial charge in [0.05, 0.1) is 7.11 Å². The van der Waals surface area contributed by atoms with E-state index in [1.54, 1.807) is 0 Å². The zero-order chi connectivity index (χ0) is 12.7. The molecule has 17 heavy (non-hydrogen) atoms. The normalized spacial score (nSPS) is 11.4. The average Bonchev–Trinajstić information content (AvgIpc) is 2.38. The Balaban J connectivity index is 2.70. The van der Waals surface area contributed by atoms with Crippen LogP contribution in [0, 0.1) is 0 Å². The Morgan fingerprint density at radius 3 is 2.53 bits per heavy atom. The van der Waals surface area contributed by atoms with Gasteiger partial charge in [-0.05, 0) is 5.56 Å². The van der Waals surface area contributed by atoms with Crippen LogP contribution in [0.2, 0.25) is 0 Å². The minimum atomic E-state index is -0.851. The number of methoxy groups -OCH3 is 1. The number of nitrogens with one attached hydrogen (secondary N) is 2. The molecule has 1 aromatic rings. The van der Waals surface area contributed by atoms with Crippen molar-refractivity contribution in [3.8, 4) is 0 Å². The second-order valence-corrected chi connectivity index (χ2v) is 3.35. The van der Waals surface area contributed by atoms with E-state index in [2.05, 4.69) is 10.1 Å². The highest BCUT2D eigenvalue weighted by atomic mass is 16.5. The number of carbonyl (C=O) groups is 2. The van der Waals surface area contributed by atoms with Gasteiger partial charge < -0.3 is 10.1 Å². The summed E-state index contributed by atoms with van der Waals surface area (Å²) in [6, 6.07) is 7.48. The van der Waals surface area contributed by atoms with Crippen molar-refractivity contribution >= 4 is 12.0 Å². The standard InChI is InChI=1S/C11H14N2O4/c1-17-10(14)9(12-11(15)13-16)7-8-5-3-2-4-6-8/h2-6,9,16H,7H2,1H3,(H2,12,13,15)/t9-/m0/s1. The maximum atomic E-state index is 11.4. The molecule has 0 aromatic heterocycles. The third kappa shape index (κ3) is 4.12. The van der Waals surface area contributed by atoms with E-state index in [1.807, 2.05) is 30.3 Å². The van der Waals surface area contributed by atoms with E-state index in [1.165, 1.54) is 12.6 Å². The van der Waals surface area contributed by atoms with E-state index in [4.69, 9.17) is 5.21 Å². The van der Waals surface area contributed by atoms with Crippen molar-refractivity contribution in [2.24, 2.45) is 0 Å². The monoisotopic (exact) mass is 238 g/mol. The Kier molecular flexibility index (Phi) is 4.96. The molecule has 0 spiro atoms. The number of ether oxygens (including phenoxy) is 1. The van der Waals surface area contributed by atoms with Crippen molar-refractivity contribution in [2.45, 2.75) is 12.5 Å². The number of rotatable bonds is 4. The second kappa shape index (κ2) is 6.49. The highest BCUT2D eigenvalue weighted by molar-refractivity contribution is 5.83. The Morgan fingerprint density at radius 1 is 1.35 bits per heavy atom. The quantitative estimate of drug-likeness (QED) is 0.404. The van der Waals surface area contributed by atoms with Crippen molar-refractivity contribution in [2.75, 3.05) is 7.11 Å². The molecule has 0 aliphatic heterocycles. The van der Waals surface area contributed by atoms with Crippen LogP contribution in [0.4, 0.5) is 4.79 Å². The van der Waals surface area contributed by atoms with Gasteiger partial charge in [-0.2, -0.15) is 0 Å². The predicted octanol–water partition coefficient (Wildman–Crippen LogP) is 0.459. The molecule has 0 radical (unpaired) electrons. The first-order chi connectivity index (χ1) is 8.17.